The van der Waals surface area contributed by atoms with Gasteiger partial charge in [-0.1, -0.05) is 39.3 Å². The maximum Gasteiger partial charge on any atom is 0.123 e. The van der Waals surface area contributed by atoms with Crippen LogP contribution in [0.2, 0.25) is 0 Å². The highest BCUT2D eigenvalue weighted by Gasteiger charge is 2.30. The van der Waals surface area contributed by atoms with E-state index in [4.69, 9.17) is 5.73 Å². The highest BCUT2D eigenvalue weighted by molar-refractivity contribution is 5.25. The highest BCUT2D eigenvalue weighted by atomic mass is 19.1. The minimum atomic E-state index is -0.406. The van der Waals surface area contributed by atoms with Gasteiger partial charge in [0.15, 0.2) is 0 Å². The third-order valence-corrected chi connectivity index (χ3v) is 3.44. The lowest BCUT2D eigenvalue weighted by molar-refractivity contribution is 0.276. The first-order valence-electron chi connectivity index (χ1n) is 5.59. The van der Waals surface area contributed by atoms with Crippen LogP contribution in [0.25, 0.3) is 0 Å². The standard InChI is InChI=1S/C13H20FN/c1-4-10(3)13(15,5-2)11-7-6-8-12(14)9-11/h6-10H,4-5,15H2,1-3H3. The second-order valence-electron chi connectivity index (χ2n) is 4.21. The van der Waals surface area contributed by atoms with Crippen LogP contribution in [0.1, 0.15) is 39.2 Å². The first kappa shape index (κ1) is 12.2. The summed E-state index contributed by atoms with van der Waals surface area (Å²) in [7, 11) is 0. The van der Waals surface area contributed by atoms with E-state index in [9.17, 15) is 4.39 Å². The van der Waals surface area contributed by atoms with E-state index in [0.29, 0.717) is 5.92 Å². The summed E-state index contributed by atoms with van der Waals surface area (Å²) in [5.41, 5.74) is 6.87. The van der Waals surface area contributed by atoms with E-state index >= 15 is 0 Å². The molecule has 2 N–H and O–H groups in total. The summed E-state index contributed by atoms with van der Waals surface area (Å²) in [6, 6.07) is 6.65. The van der Waals surface area contributed by atoms with Gasteiger partial charge in [-0.05, 0) is 30.0 Å². The van der Waals surface area contributed by atoms with Gasteiger partial charge in [0.25, 0.3) is 0 Å². The summed E-state index contributed by atoms with van der Waals surface area (Å²) in [6.07, 6.45) is 1.83. The Morgan fingerprint density at radius 1 is 1.40 bits per heavy atom. The quantitative estimate of drug-likeness (QED) is 0.807. The van der Waals surface area contributed by atoms with Crippen molar-refractivity contribution in [3.63, 3.8) is 0 Å². The van der Waals surface area contributed by atoms with Crippen molar-refractivity contribution < 1.29 is 4.39 Å². The molecule has 0 heterocycles. The Balaban J connectivity index is 3.10. The van der Waals surface area contributed by atoms with Crippen molar-refractivity contribution in [3.05, 3.63) is 35.6 Å². The maximum atomic E-state index is 13.1. The van der Waals surface area contributed by atoms with Crippen LogP contribution in [0.5, 0.6) is 0 Å². The number of rotatable bonds is 4. The predicted octanol–water partition coefficient (Wildman–Crippen LogP) is 3.44. The van der Waals surface area contributed by atoms with Crippen molar-refractivity contribution in [3.8, 4) is 0 Å². The Morgan fingerprint density at radius 2 is 2.07 bits per heavy atom. The average molecular weight is 209 g/mol. The summed E-state index contributed by atoms with van der Waals surface area (Å²) >= 11 is 0. The molecular formula is C13H20FN. The summed E-state index contributed by atoms with van der Waals surface area (Å²) in [4.78, 5) is 0. The smallest absolute Gasteiger partial charge is 0.123 e. The van der Waals surface area contributed by atoms with Gasteiger partial charge in [-0.25, -0.2) is 4.39 Å². The molecule has 0 aliphatic rings. The molecule has 1 aromatic rings. The van der Waals surface area contributed by atoms with Crippen molar-refractivity contribution in [2.24, 2.45) is 11.7 Å². The van der Waals surface area contributed by atoms with Crippen LogP contribution in [-0.2, 0) is 5.54 Å². The zero-order valence-corrected chi connectivity index (χ0v) is 9.76. The summed E-state index contributed by atoms with van der Waals surface area (Å²) in [5, 5.41) is 0. The molecule has 0 radical (unpaired) electrons. The van der Waals surface area contributed by atoms with Crippen molar-refractivity contribution in [2.75, 3.05) is 0 Å². The van der Waals surface area contributed by atoms with Gasteiger partial charge in [-0.2, -0.15) is 0 Å². The van der Waals surface area contributed by atoms with E-state index in [1.165, 1.54) is 6.07 Å². The van der Waals surface area contributed by atoms with Crippen molar-refractivity contribution >= 4 is 0 Å². The Hall–Kier alpha value is -0.890. The predicted molar refractivity (Wildman–Crippen MR) is 62.0 cm³/mol. The molecule has 0 saturated carbocycles. The molecule has 0 aliphatic heterocycles. The fourth-order valence-corrected chi connectivity index (χ4v) is 1.98. The van der Waals surface area contributed by atoms with Crippen LogP contribution < -0.4 is 5.73 Å². The van der Waals surface area contributed by atoms with Crippen LogP contribution in [0, 0.1) is 11.7 Å². The van der Waals surface area contributed by atoms with Gasteiger partial charge >= 0.3 is 0 Å². The second kappa shape index (κ2) is 4.75. The number of halogens is 1. The molecule has 0 aliphatic carbocycles. The molecule has 0 fully saturated rings. The molecule has 0 spiro atoms. The van der Waals surface area contributed by atoms with E-state index in [-0.39, 0.29) is 5.82 Å². The van der Waals surface area contributed by atoms with Gasteiger partial charge in [0, 0.05) is 5.54 Å². The number of hydrogen-bond donors (Lipinski definition) is 1. The molecule has 1 nitrogen and oxygen atoms in total. The van der Waals surface area contributed by atoms with E-state index in [1.807, 2.05) is 6.07 Å². The van der Waals surface area contributed by atoms with E-state index in [0.717, 1.165) is 18.4 Å². The molecule has 2 atom stereocenters. The number of nitrogens with two attached hydrogens (primary N) is 1. The molecule has 0 saturated heterocycles. The summed E-state index contributed by atoms with van der Waals surface area (Å²) in [6.45, 7) is 6.28. The normalized spacial score (nSPS) is 17.1. The third-order valence-electron chi connectivity index (χ3n) is 3.44. The SMILES string of the molecule is CCC(C)C(N)(CC)c1cccc(F)c1. The average Bonchev–Trinajstić information content (AvgIpc) is 2.26. The monoisotopic (exact) mass is 209 g/mol. The Labute approximate surface area is 91.5 Å². The lowest BCUT2D eigenvalue weighted by Gasteiger charge is -2.34. The van der Waals surface area contributed by atoms with Crippen LogP contribution in [-0.4, -0.2) is 0 Å². The molecular weight excluding hydrogens is 189 g/mol. The minimum Gasteiger partial charge on any atom is -0.321 e. The fourth-order valence-electron chi connectivity index (χ4n) is 1.98. The third kappa shape index (κ3) is 2.37. The Morgan fingerprint density at radius 3 is 2.53 bits per heavy atom. The molecule has 2 unspecified atom stereocenters. The fraction of sp³-hybridized carbons (Fsp3) is 0.538. The second-order valence-corrected chi connectivity index (χ2v) is 4.21. The van der Waals surface area contributed by atoms with Gasteiger partial charge in [0.2, 0.25) is 0 Å². The Bertz CT molecular complexity index is 324. The molecule has 1 rings (SSSR count). The maximum absolute atomic E-state index is 13.1. The molecule has 0 amide bonds. The van der Waals surface area contributed by atoms with E-state index in [2.05, 4.69) is 20.8 Å². The first-order chi connectivity index (χ1) is 7.04. The molecule has 15 heavy (non-hydrogen) atoms. The largest absolute Gasteiger partial charge is 0.321 e. The van der Waals surface area contributed by atoms with Gasteiger partial charge in [-0.15, -0.1) is 0 Å². The molecule has 84 valence electrons. The molecule has 1 aromatic carbocycles. The lowest BCUT2D eigenvalue weighted by atomic mass is 9.76. The van der Waals surface area contributed by atoms with Crippen molar-refractivity contribution in [1.82, 2.24) is 0 Å². The summed E-state index contributed by atoms with van der Waals surface area (Å²) < 4.78 is 13.1. The molecule has 2 heteroatoms. The van der Waals surface area contributed by atoms with Crippen LogP contribution in [0.15, 0.2) is 24.3 Å². The zero-order valence-electron chi connectivity index (χ0n) is 9.76. The van der Waals surface area contributed by atoms with Crippen LogP contribution in [0.3, 0.4) is 0 Å². The van der Waals surface area contributed by atoms with Crippen LogP contribution in [0.4, 0.5) is 4.39 Å². The van der Waals surface area contributed by atoms with E-state index in [1.54, 1.807) is 12.1 Å². The lowest BCUT2D eigenvalue weighted by Crippen LogP contribution is -2.42. The first-order valence-corrected chi connectivity index (χ1v) is 5.59. The molecule has 0 bridgehead atoms. The van der Waals surface area contributed by atoms with Crippen LogP contribution >= 0.6 is 0 Å². The van der Waals surface area contributed by atoms with Crippen molar-refractivity contribution in [1.29, 1.82) is 0 Å². The Kier molecular flexibility index (Phi) is 3.86. The molecule has 0 aromatic heterocycles. The van der Waals surface area contributed by atoms with Gasteiger partial charge < -0.3 is 5.73 Å². The minimum absolute atomic E-state index is 0.209. The topological polar surface area (TPSA) is 26.0 Å². The van der Waals surface area contributed by atoms with Crippen molar-refractivity contribution in [2.45, 2.75) is 39.2 Å². The number of benzene rings is 1. The zero-order chi connectivity index (χ0) is 11.5. The van der Waals surface area contributed by atoms with Gasteiger partial charge in [0.1, 0.15) is 5.82 Å². The van der Waals surface area contributed by atoms with Gasteiger partial charge in [-0.3, -0.25) is 0 Å². The number of hydrogen-bond acceptors (Lipinski definition) is 1. The van der Waals surface area contributed by atoms with Gasteiger partial charge in [0.05, 0.1) is 0 Å². The highest BCUT2D eigenvalue weighted by Crippen LogP contribution is 2.32. The summed E-state index contributed by atoms with van der Waals surface area (Å²) in [5.74, 6) is 0.142. The van der Waals surface area contributed by atoms with E-state index < -0.39 is 5.54 Å².